The van der Waals surface area contributed by atoms with Gasteiger partial charge in [0.25, 0.3) is 5.56 Å². The lowest BCUT2D eigenvalue weighted by Gasteiger charge is -2.38. The van der Waals surface area contributed by atoms with Gasteiger partial charge in [0.15, 0.2) is 0 Å². The molecule has 1 heterocycles. The molecule has 0 bridgehead atoms. The standard InChI is InChI=1S/C12H19ClN4O/c1-8(2)17-11(18)10(13)9(6-16-17)15-7-12(14)4-3-5-12/h6,8,15H,3-5,7,14H2,1-2H3. The van der Waals surface area contributed by atoms with Crippen LogP contribution in [0.3, 0.4) is 0 Å². The molecule has 3 N–H and O–H groups in total. The molecule has 0 radical (unpaired) electrons. The summed E-state index contributed by atoms with van der Waals surface area (Å²) >= 11 is 6.06. The molecule has 1 aliphatic carbocycles. The molecular weight excluding hydrogens is 252 g/mol. The van der Waals surface area contributed by atoms with Gasteiger partial charge in [-0.1, -0.05) is 11.6 Å². The Morgan fingerprint density at radius 1 is 1.61 bits per heavy atom. The van der Waals surface area contributed by atoms with E-state index < -0.39 is 0 Å². The Hall–Kier alpha value is -1.07. The van der Waals surface area contributed by atoms with Crippen LogP contribution in [0.15, 0.2) is 11.0 Å². The van der Waals surface area contributed by atoms with E-state index in [9.17, 15) is 4.79 Å². The monoisotopic (exact) mass is 270 g/mol. The Labute approximate surface area is 111 Å². The number of hydrogen-bond acceptors (Lipinski definition) is 4. The minimum Gasteiger partial charge on any atom is -0.381 e. The van der Waals surface area contributed by atoms with Crippen LogP contribution in [-0.2, 0) is 0 Å². The van der Waals surface area contributed by atoms with E-state index in [1.807, 2.05) is 13.8 Å². The number of nitrogens with zero attached hydrogens (tertiary/aromatic N) is 2. The van der Waals surface area contributed by atoms with E-state index in [4.69, 9.17) is 17.3 Å². The number of aromatic nitrogens is 2. The lowest BCUT2D eigenvalue weighted by molar-refractivity contribution is 0.265. The summed E-state index contributed by atoms with van der Waals surface area (Å²) < 4.78 is 1.37. The predicted molar refractivity (Wildman–Crippen MR) is 73.2 cm³/mol. The molecule has 0 unspecified atom stereocenters. The number of anilines is 1. The molecule has 0 aromatic carbocycles. The van der Waals surface area contributed by atoms with Crippen molar-refractivity contribution >= 4 is 17.3 Å². The van der Waals surface area contributed by atoms with Crippen molar-refractivity contribution in [2.75, 3.05) is 11.9 Å². The van der Waals surface area contributed by atoms with E-state index in [-0.39, 0.29) is 22.2 Å². The van der Waals surface area contributed by atoms with E-state index in [0.29, 0.717) is 12.2 Å². The third-order valence-corrected chi connectivity index (χ3v) is 3.78. The highest BCUT2D eigenvalue weighted by Gasteiger charge is 2.32. The smallest absolute Gasteiger partial charge is 0.287 e. The largest absolute Gasteiger partial charge is 0.381 e. The van der Waals surface area contributed by atoms with E-state index in [2.05, 4.69) is 10.4 Å². The van der Waals surface area contributed by atoms with Gasteiger partial charge in [-0.15, -0.1) is 0 Å². The summed E-state index contributed by atoms with van der Waals surface area (Å²) in [6.45, 7) is 4.40. The minimum absolute atomic E-state index is 0.00321. The first-order chi connectivity index (χ1) is 8.43. The van der Waals surface area contributed by atoms with Gasteiger partial charge in [0.1, 0.15) is 5.02 Å². The molecule has 0 atom stereocenters. The van der Waals surface area contributed by atoms with E-state index in [1.165, 1.54) is 11.1 Å². The van der Waals surface area contributed by atoms with Crippen molar-refractivity contribution in [3.05, 3.63) is 21.6 Å². The zero-order valence-electron chi connectivity index (χ0n) is 10.7. The zero-order valence-corrected chi connectivity index (χ0v) is 11.5. The molecule has 0 saturated heterocycles. The van der Waals surface area contributed by atoms with Crippen molar-refractivity contribution in [1.82, 2.24) is 9.78 Å². The lowest BCUT2D eigenvalue weighted by atomic mass is 9.78. The molecule has 0 spiro atoms. The second-order valence-electron chi connectivity index (χ2n) is 5.29. The molecule has 0 amide bonds. The first-order valence-electron chi connectivity index (χ1n) is 6.23. The van der Waals surface area contributed by atoms with Gasteiger partial charge in [-0.05, 0) is 33.1 Å². The summed E-state index contributed by atoms with van der Waals surface area (Å²) in [7, 11) is 0. The highest BCUT2D eigenvalue weighted by molar-refractivity contribution is 6.32. The van der Waals surface area contributed by atoms with Crippen molar-refractivity contribution < 1.29 is 0 Å². The van der Waals surface area contributed by atoms with Crippen molar-refractivity contribution in [3.63, 3.8) is 0 Å². The van der Waals surface area contributed by atoms with Crippen LogP contribution in [0.5, 0.6) is 0 Å². The average Bonchev–Trinajstić information content (AvgIpc) is 2.28. The lowest BCUT2D eigenvalue weighted by Crippen LogP contribution is -2.52. The molecule has 0 aliphatic heterocycles. The van der Waals surface area contributed by atoms with Gasteiger partial charge in [0, 0.05) is 12.1 Å². The van der Waals surface area contributed by atoms with Crippen LogP contribution in [0.25, 0.3) is 0 Å². The number of rotatable bonds is 4. The molecule has 1 aromatic heterocycles. The predicted octanol–water partition coefficient (Wildman–Crippen LogP) is 1.77. The highest BCUT2D eigenvalue weighted by atomic mass is 35.5. The Bertz CT molecular complexity index is 493. The van der Waals surface area contributed by atoms with Crippen LogP contribution in [0.4, 0.5) is 5.69 Å². The molecule has 1 aromatic rings. The topological polar surface area (TPSA) is 72.9 Å². The number of nitrogens with one attached hydrogen (secondary N) is 1. The Morgan fingerprint density at radius 2 is 2.28 bits per heavy atom. The molecule has 100 valence electrons. The van der Waals surface area contributed by atoms with E-state index in [0.717, 1.165) is 12.8 Å². The summed E-state index contributed by atoms with van der Waals surface area (Å²) in [4.78, 5) is 11.9. The molecule has 1 saturated carbocycles. The molecule has 2 rings (SSSR count). The SMILES string of the molecule is CC(C)n1ncc(NCC2(N)CCC2)c(Cl)c1=O. The molecular formula is C12H19ClN4O. The van der Waals surface area contributed by atoms with Crippen LogP contribution >= 0.6 is 11.6 Å². The van der Waals surface area contributed by atoms with Gasteiger partial charge in [0.05, 0.1) is 17.9 Å². The minimum atomic E-state index is -0.267. The fourth-order valence-corrected chi connectivity index (χ4v) is 2.22. The van der Waals surface area contributed by atoms with E-state index in [1.54, 1.807) is 6.20 Å². The van der Waals surface area contributed by atoms with Gasteiger partial charge < -0.3 is 11.1 Å². The summed E-state index contributed by atoms with van der Waals surface area (Å²) in [6, 6.07) is -0.00321. The fourth-order valence-electron chi connectivity index (χ4n) is 2.01. The molecule has 6 heteroatoms. The maximum absolute atomic E-state index is 11.9. The number of halogens is 1. The van der Waals surface area contributed by atoms with Crippen LogP contribution < -0.4 is 16.6 Å². The van der Waals surface area contributed by atoms with Crippen molar-refractivity contribution in [1.29, 1.82) is 0 Å². The van der Waals surface area contributed by atoms with E-state index >= 15 is 0 Å². The maximum Gasteiger partial charge on any atom is 0.287 e. The van der Waals surface area contributed by atoms with Gasteiger partial charge >= 0.3 is 0 Å². The third-order valence-electron chi connectivity index (χ3n) is 3.41. The summed E-state index contributed by atoms with van der Waals surface area (Å²) in [5, 5.41) is 7.41. The first kappa shape index (κ1) is 13.4. The van der Waals surface area contributed by atoms with Crippen LogP contribution in [0.2, 0.25) is 5.02 Å². The van der Waals surface area contributed by atoms with Crippen molar-refractivity contribution in [3.8, 4) is 0 Å². The Morgan fingerprint density at radius 3 is 2.78 bits per heavy atom. The van der Waals surface area contributed by atoms with Crippen molar-refractivity contribution in [2.24, 2.45) is 5.73 Å². The summed E-state index contributed by atoms with van der Waals surface area (Å²) in [5.74, 6) is 0. The normalized spacial score (nSPS) is 17.6. The Kier molecular flexibility index (Phi) is 3.64. The molecule has 5 nitrogen and oxygen atoms in total. The Balaban J connectivity index is 2.14. The van der Waals surface area contributed by atoms with Gasteiger partial charge in [-0.3, -0.25) is 4.79 Å². The van der Waals surface area contributed by atoms with Crippen LogP contribution in [0.1, 0.15) is 39.2 Å². The first-order valence-corrected chi connectivity index (χ1v) is 6.61. The zero-order chi connectivity index (χ0) is 13.3. The maximum atomic E-state index is 11.9. The number of nitrogens with two attached hydrogens (primary N) is 1. The van der Waals surface area contributed by atoms with Gasteiger partial charge in [-0.2, -0.15) is 5.10 Å². The van der Waals surface area contributed by atoms with Crippen LogP contribution in [-0.4, -0.2) is 21.9 Å². The van der Waals surface area contributed by atoms with Gasteiger partial charge in [0.2, 0.25) is 0 Å². The van der Waals surface area contributed by atoms with Crippen LogP contribution in [0, 0.1) is 0 Å². The molecule has 1 aliphatic rings. The summed E-state index contributed by atoms with van der Waals surface area (Å²) in [6.07, 6.45) is 4.77. The van der Waals surface area contributed by atoms with Gasteiger partial charge in [-0.25, -0.2) is 4.68 Å². The molecule has 18 heavy (non-hydrogen) atoms. The van der Waals surface area contributed by atoms with Crippen molar-refractivity contribution in [2.45, 2.75) is 44.7 Å². The number of hydrogen-bond donors (Lipinski definition) is 2. The second-order valence-corrected chi connectivity index (χ2v) is 5.66. The fraction of sp³-hybridized carbons (Fsp3) is 0.667. The molecule has 1 fully saturated rings. The highest BCUT2D eigenvalue weighted by Crippen LogP contribution is 2.29. The quantitative estimate of drug-likeness (QED) is 0.875. The summed E-state index contributed by atoms with van der Waals surface area (Å²) in [5.41, 5.74) is 6.25. The third kappa shape index (κ3) is 2.52. The average molecular weight is 271 g/mol. The second kappa shape index (κ2) is 4.90.